The lowest BCUT2D eigenvalue weighted by Crippen LogP contribution is -2.08. The molecule has 1 heterocycles. The molecule has 2 aromatic rings. The van der Waals surface area contributed by atoms with Gasteiger partial charge in [-0.15, -0.1) is 0 Å². The minimum atomic E-state index is -4.35. The molecule has 27 heavy (non-hydrogen) atoms. The number of benzene rings is 1. The van der Waals surface area contributed by atoms with Crippen LogP contribution in [0.4, 0.5) is 30.5 Å². The third kappa shape index (κ3) is 8.48. The maximum atomic E-state index is 12.7. The number of rotatable bonds is 5. The smallest absolute Gasteiger partial charge is 0.382 e. The zero-order valence-electron chi connectivity index (χ0n) is 16.5. The Labute approximate surface area is 159 Å². The predicted octanol–water partition coefficient (Wildman–Crippen LogP) is 6.29. The SMILES string of the molecule is C=C(C)Nc1ccc(NCc2cccc(C(F)(F)F)c2)nc1N.CC.CC. The molecule has 0 aliphatic rings. The van der Waals surface area contributed by atoms with Crippen molar-refractivity contribution >= 4 is 17.3 Å². The molecule has 0 saturated heterocycles. The third-order valence-electron chi connectivity index (χ3n) is 3.00. The average molecular weight is 382 g/mol. The first kappa shape index (κ1) is 24.3. The summed E-state index contributed by atoms with van der Waals surface area (Å²) in [6.45, 7) is 13.7. The lowest BCUT2D eigenvalue weighted by Gasteiger charge is -2.12. The van der Waals surface area contributed by atoms with E-state index in [1.807, 2.05) is 27.7 Å². The van der Waals surface area contributed by atoms with Gasteiger partial charge in [-0.2, -0.15) is 13.2 Å². The lowest BCUT2D eigenvalue weighted by molar-refractivity contribution is -0.137. The molecule has 7 heteroatoms. The highest BCUT2D eigenvalue weighted by Gasteiger charge is 2.30. The molecule has 0 saturated carbocycles. The molecule has 0 aliphatic heterocycles. The minimum absolute atomic E-state index is 0.212. The van der Waals surface area contributed by atoms with Gasteiger partial charge in [0, 0.05) is 12.2 Å². The molecule has 0 bridgehead atoms. The molecular weight excluding hydrogens is 353 g/mol. The Morgan fingerprint density at radius 1 is 1.11 bits per heavy atom. The molecule has 1 aromatic heterocycles. The van der Waals surface area contributed by atoms with Crippen molar-refractivity contribution < 1.29 is 13.2 Å². The van der Waals surface area contributed by atoms with Crippen LogP contribution in [-0.2, 0) is 12.7 Å². The second-order valence-electron chi connectivity index (χ2n) is 5.09. The van der Waals surface area contributed by atoms with Gasteiger partial charge < -0.3 is 16.4 Å². The maximum Gasteiger partial charge on any atom is 0.416 e. The lowest BCUT2D eigenvalue weighted by atomic mass is 10.1. The van der Waals surface area contributed by atoms with Crippen LogP contribution in [0.25, 0.3) is 0 Å². The Morgan fingerprint density at radius 2 is 1.74 bits per heavy atom. The number of halogens is 3. The number of nitrogens with zero attached hydrogens (tertiary/aromatic N) is 1. The highest BCUT2D eigenvalue weighted by molar-refractivity contribution is 5.66. The van der Waals surface area contributed by atoms with Crippen molar-refractivity contribution in [1.82, 2.24) is 4.98 Å². The molecule has 0 spiro atoms. The Hall–Kier alpha value is -2.70. The number of nitrogens with two attached hydrogens (primary N) is 1. The Morgan fingerprint density at radius 3 is 2.26 bits per heavy atom. The van der Waals surface area contributed by atoms with E-state index in [9.17, 15) is 13.2 Å². The number of aromatic nitrogens is 1. The van der Waals surface area contributed by atoms with Gasteiger partial charge >= 0.3 is 6.18 Å². The molecule has 4 nitrogen and oxygen atoms in total. The van der Waals surface area contributed by atoms with E-state index in [0.29, 0.717) is 17.1 Å². The number of hydrogen-bond donors (Lipinski definition) is 3. The quantitative estimate of drug-likeness (QED) is 0.568. The zero-order chi connectivity index (χ0) is 21.0. The van der Waals surface area contributed by atoms with Gasteiger partial charge in [0.25, 0.3) is 0 Å². The van der Waals surface area contributed by atoms with Gasteiger partial charge in [0.2, 0.25) is 0 Å². The molecule has 150 valence electrons. The van der Waals surface area contributed by atoms with E-state index >= 15 is 0 Å². The van der Waals surface area contributed by atoms with Crippen LogP contribution in [0.5, 0.6) is 0 Å². The van der Waals surface area contributed by atoms with Crippen LogP contribution in [-0.4, -0.2) is 4.98 Å². The molecule has 1 aromatic carbocycles. The highest BCUT2D eigenvalue weighted by atomic mass is 19.4. The standard InChI is InChI=1S/C16H17F3N4.2C2H6/c1-10(2)22-13-6-7-14(23-15(13)20)21-9-11-4-3-5-12(8-11)16(17,18)19;2*1-2/h3-8,22H,1,9H2,2H3,(H3,20,21,23);2*1-2H3. The van der Waals surface area contributed by atoms with Crippen LogP contribution in [0.15, 0.2) is 48.7 Å². The van der Waals surface area contributed by atoms with E-state index in [-0.39, 0.29) is 12.4 Å². The van der Waals surface area contributed by atoms with Gasteiger partial charge in [-0.05, 0) is 36.8 Å². The zero-order valence-corrected chi connectivity index (χ0v) is 16.5. The first-order valence-electron chi connectivity index (χ1n) is 8.85. The third-order valence-corrected chi connectivity index (χ3v) is 3.00. The fourth-order valence-electron chi connectivity index (χ4n) is 1.96. The van der Waals surface area contributed by atoms with Crippen molar-refractivity contribution in [2.75, 3.05) is 16.4 Å². The van der Waals surface area contributed by atoms with Crippen molar-refractivity contribution in [3.63, 3.8) is 0 Å². The summed E-state index contributed by atoms with van der Waals surface area (Å²) < 4.78 is 38.0. The van der Waals surface area contributed by atoms with Crippen LogP contribution in [0.2, 0.25) is 0 Å². The van der Waals surface area contributed by atoms with E-state index in [1.165, 1.54) is 6.07 Å². The van der Waals surface area contributed by atoms with Crippen molar-refractivity contribution in [3.05, 3.63) is 59.8 Å². The average Bonchev–Trinajstić information content (AvgIpc) is 2.64. The van der Waals surface area contributed by atoms with Crippen LogP contribution in [0.1, 0.15) is 45.7 Å². The largest absolute Gasteiger partial charge is 0.416 e. The first-order chi connectivity index (χ1) is 12.8. The second kappa shape index (κ2) is 11.8. The number of anilines is 3. The molecule has 0 fully saturated rings. The summed E-state index contributed by atoms with van der Waals surface area (Å²) in [5.41, 5.74) is 7.00. The first-order valence-corrected chi connectivity index (χ1v) is 8.85. The number of nitrogens with one attached hydrogen (secondary N) is 2. The predicted molar refractivity (Wildman–Crippen MR) is 109 cm³/mol. The fraction of sp³-hybridized carbons (Fsp3) is 0.350. The minimum Gasteiger partial charge on any atom is -0.382 e. The summed E-state index contributed by atoms with van der Waals surface area (Å²) in [6.07, 6.45) is -4.35. The molecule has 0 radical (unpaired) electrons. The summed E-state index contributed by atoms with van der Waals surface area (Å²) in [4.78, 5) is 4.15. The van der Waals surface area contributed by atoms with E-state index < -0.39 is 11.7 Å². The Bertz CT molecular complexity index is 713. The molecular formula is C20H29F3N4. The van der Waals surface area contributed by atoms with E-state index in [2.05, 4.69) is 22.2 Å². The molecule has 2 rings (SSSR count). The molecule has 0 amide bonds. The summed E-state index contributed by atoms with van der Waals surface area (Å²) in [7, 11) is 0. The Balaban J connectivity index is 0.00000158. The van der Waals surface area contributed by atoms with Crippen LogP contribution >= 0.6 is 0 Å². The second-order valence-corrected chi connectivity index (χ2v) is 5.09. The normalized spacial score (nSPS) is 9.93. The molecule has 0 aliphatic carbocycles. The van der Waals surface area contributed by atoms with Gasteiger partial charge in [0.05, 0.1) is 11.3 Å². The number of hydrogen-bond acceptors (Lipinski definition) is 4. The number of allylic oxidation sites excluding steroid dienone is 1. The van der Waals surface area contributed by atoms with Gasteiger partial charge in [0.1, 0.15) is 11.6 Å². The van der Waals surface area contributed by atoms with E-state index in [0.717, 1.165) is 17.8 Å². The van der Waals surface area contributed by atoms with Gasteiger partial charge in [-0.25, -0.2) is 4.98 Å². The van der Waals surface area contributed by atoms with Crippen molar-refractivity contribution in [2.24, 2.45) is 0 Å². The van der Waals surface area contributed by atoms with Gasteiger partial charge in [-0.3, -0.25) is 0 Å². The van der Waals surface area contributed by atoms with Crippen LogP contribution < -0.4 is 16.4 Å². The van der Waals surface area contributed by atoms with Crippen molar-refractivity contribution in [1.29, 1.82) is 0 Å². The summed E-state index contributed by atoms with van der Waals surface area (Å²) in [5.74, 6) is 0.759. The summed E-state index contributed by atoms with van der Waals surface area (Å²) in [6, 6.07) is 8.55. The maximum absolute atomic E-state index is 12.7. The summed E-state index contributed by atoms with van der Waals surface area (Å²) >= 11 is 0. The number of alkyl halides is 3. The fourth-order valence-corrected chi connectivity index (χ4v) is 1.96. The van der Waals surface area contributed by atoms with E-state index in [4.69, 9.17) is 5.73 Å². The van der Waals surface area contributed by atoms with Crippen molar-refractivity contribution in [2.45, 2.75) is 47.3 Å². The molecule has 0 unspecified atom stereocenters. The van der Waals surface area contributed by atoms with Crippen LogP contribution in [0.3, 0.4) is 0 Å². The van der Waals surface area contributed by atoms with Crippen molar-refractivity contribution in [3.8, 4) is 0 Å². The number of nitrogen functional groups attached to an aromatic ring is 1. The van der Waals surface area contributed by atoms with Gasteiger partial charge in [-0.1, -0.05) is 46.4 Å². The summed E-state index contributed by atoms with van der Waals surface area (Å²) in [5, 5.41) is 5.92. The topological polar surface area (TPSA) is 63.0 Å². The van der Waals surface area contributed by atoms with Gasteiger partial charge in [0.15, 0.2) is 0 Å². The monoisotopic (exact) mass is 382 g/mol. The highest BCUT2D eigenvalue weighted by Crippen LogP contribution is 2.29. The van der Waals surface area contributed by atoms with E-state index in [1.54, 1.807) is 25.1 Å². The van der Waals surface area contributed by atoms with Crippen LogP contribution in [0, 0.1) is 0 Å². The Kier molecular flexibility index (Phi) is 10.6. The molecule has 4 N–H and O–H groups in total. The molecule has 0 atom stereocenters. The number of pyridine rings is 1.